The summed E-state index contributed by atoms with van der Waals surface area (Å²) < 4.78 is 28.1. The average molecular weight is 371 g/mol. The number of rotatable bonds is 9. The zero-order valence-corrected chi connectivity index (χ0v) is 15.5. The van der Waals surface area contributed by atoms with E-state index < -0.39 is 11.7 Å². The maximum Gasteiger partial charge on any atom is 0.181 e. The summed E-state index contributed by atoms with van der Waals surface area (Å²) in [5.74, 6) is -2.15. The molecule has 0 heterocycles. The van der Waals surface area contributed by atoms with Crippen molar-refractivity contribution in [3.05, 3.63) is 59.3 Å². The molecule has 0 aliphatic heterocycles. The Labute approximate surface area is 153 Å². The van der Waals surface area contributed by atoms with E-state index in [1.807, 2.05) is 13.8 Å². The van der Waals surface area contributed by atoms with E-state index in [1.165, 1.54) is 18.2 Å². The fourth-order valence-corrected chi connectivity index (χ4v) is 2.51. The number of benzene rings is 1. The van der Waals surface area contributed by atoms with Crippen LogP contribution < -0.4 is 10.6 Å². The SMILES string of the molecule is C=C(Nc1ccc(O)cc1Cl)/C(F)=C(F)\C=C/C(C)NC(C)CCC. The molecule has 138 valence electrons. The molecule has 2 atom stereocenters. The zero-order valence-electron chi connectivity index (χ0n) is 14.7. The second kappa shape index (κ2) is 10.2. The van der Waals surface area contributed by atoms with Crippen molar-refractivity contribution in [3.63, 3.8) is 0 Å². The van der Waals surface area contributed by atoms with Crippen LogP contribution >= 0.6 is 11.6 Å². The van der Waals surface area contributed by atoms with Crippen LogP contribution in [0.3, 0.4) is 0 Å². The first kappa shape index (κ1) is 21.2. The molecule has 6 heteroatoms. The number of phenols is 1. The Hall–Kier alpha value is -1.85. The highest BCUT2D eigenvalue weighted by Crippen LogP contribution is 2.29. The molecule has 0 saturated carbocycles. The summed E-state index contributed by atoms with van der Waals surface area (Å²) in [6.45, 7) is 9.49. The van der Waals surface area contributed by atoms with Crippen LogP contribution in [0.4, 0.5) is 14.5 Å². The van der Waals surface area contributed by atoms with Crippen LogP contribution in [0, 0.1) is 0 Å². The van der Waals surface area contributed by atoms with Gasteiger partial charge in [0, 0.05) is 18.2 Å². The third kappa shape index (κ3) is 7.28. The highest BCUT2D eigenvalue weighted by atomic mass is 35.5. The van der Waals surface area contributed by atoms with Crippen molar-refractivity contribution < 1.29 is 13.9 Å². The van der Waals surface area contributed by atoms with E-state index in [4.69, 9.17) is 11.6 Å². The maximum absolute atomic E-state index is 14.1. The molecule has 0 spiro atoms. The van der Waals surface area contributed by atoms with Crippen LogP contribution in [-0.2, 0) is 0 Å². The van der Waals surface area contributed by atoms with Crippen molar-refractivity contribution in [1.82, 2.24) is 5.32 Å². The number of aromatic hydroxyl groups is 1. The van der Waals surface area contributed by atoms with Gasteiger partial charge in [-0.05, 0) is 38.5 Å². The van der Waals surface area contributed by atoms with E-state index in [2.05, 4.69) is 24.1 Å². The number of hydrogen-bond donors (Lipinski definition) is 3. The highest BCUT2D eigenvalue weighted by molar-refractivity contribution is 6.33. The molecule has 2 unspecified atom stereocenters. The first-order chi connectivity index (χ1) is 11.7. The molecular weight excluding hydrogens is 346 g/mol. The first-order valence-electron chi connectivity index (χ1n) is 8.18. The molecule has 25 heavy (non-hydrogen) atoms. The molecular formula is C19H25ClF2N2O. The molecule has 0 amide bonds. The fourth-order valence-electron chi connectivity index (χ4n) is 2.29. The van der Waals surface area contributed by atoms with Crippen LogP contribution in [0.2, 0.25) is 5.02 Å². The van der Waals surface area contributed by atoms with E-state index in [1.54, 1.807) is 6.08 Å². The Morgan fingerprint density at radius 3 is 2.64 bits per heavy atom. The highest BCUT2D eigenvalue weighted by Gasteiger charge is 2.11. The summed E-state index contributed by atoms with van der Waals surface area (Å²) in [6, 6.07) is 4.33. The monoisotopic (exact) mass is 370 g/mol. The van der Waals surface area contributed by atoms with Crippen molar-refractivity contribution in [2.75, 3.05) is 5.32 Å². The molecule has 1 aromatic carbocycles. The standard InChI is InChI=1S/C19H25ClF2N2O/c1-5-6-12(2)23-13(3)7-9-17(21)19(22)14(4)24-18-10-8-15(25)11-16(18)20/h7-13,23-25H,4-6H2,1-3H3/b9-7-,19-17-. The topological polar surface area (TPSA) is 44.3 Å². The Bertz CT molecular complexity index is 659. The lowest BCUT2D eigenvalue weighted by Crippen LogP contribution is -2.32. The van der Waals surface area contributed by atoms with Gasteiger partial charge in [0.05, 0.1) is 16.4 Å². The number of phenolic OH excluding ortho intramolecular Hbond substituents is 1. The Morgan fingerprint density at radius 2 is 2.04 bits per heavy atom. The summed E-state index contributed by atoms with van der Waals surface area (Å²) >= 11 is 5.92. The van der Waals surface area contributed by atoms with Gasteiger partial charge in [0.15, 0.2) is 11.7 Å². The van der Waals surface area contributed by atoms with Crippen molar-refractivity contribution in [1.29, 1.82) is 0 Å². The van der Waals surface area contributed by atoms with Gasteiger partial charge in [0.1, 0.15) is 5.75 Å². The lowest BCUT2D eigenvalue weighted by Gasteiger charge is -2.16. The lowest BCUT2D eigenvalue weighted by molar-refractivity contribution is 0.475. The van der Waals surface area contributed by atoms with Crippen molar-refractivity contribution >= 4 is 17.3 Å². The van der Waals surface area contributed by atoms with Crippen molar-refractivity contribution in [2.24, 2.45) is 0 Å². The third-order valence-corrected chi connectivity index (χ3v) is 3.83. The van der Waals surface area contributed by atoms with Gasteiger partial charge in [-0.25, -0.2) is 8.78 Å². The third-order valence-electron chi connectivity index (χ3n) is 3.51. The van der Waals surface area contributed by atoms with Crippen molar-refractivity contribution in [2.45, 2.75) is 45.7 Å². The fraction of sp³-hybridized carbons (Fsp3) is 0.368. The number of halogens is 3. The van der Waals surface area contributed by atoms with E-state index in [0.717, 1.165) is 18.9 Å². The molecule has 1 rings (SSSR count). The van der Waals surface area contributed by atoms with Crippen LogP contribution in [-0.4, -0.2) is 17.2 Å². The minimum atomic E-state index is -1.10. The number of hydrogen-bond acceptors (Lipinski definition) is 3. The molecule has 0 saturated heterocycles. The molecule has 3 N–H and O–H groups in total. The minimum absolute atomic E-state index is 0.0231. The Kier molecular flexibility index (Phi) is 8.66. The molecule has 0 radical (unpaired) electrons. The number of anilines is 1. The van der Waals surface area contributed by atoms with Crippen LogP contribution in [0.25, 0.3) is 0 Å². The first-order valence-corrected chi connectivity index (χ1v) is 8.56. The normalized spacial score (nSPS) is 15.0. The second-order valence-corrected chi connectivity index (χ2v) is 6.34. The summed E-state index contributed by atoms with van der Waals surface area (Å²) in [4.78, 5) is 0. The quantitative estimate of drug-likeness (QED) is 0.377. The molecule has 0 fully saturated rings. The summed E-state index contributed by atoms with van der Waals surface area (Å²) in [7, 11) is 0. The van der Waals surface area contributed by atoms with Crippen LogP contribution in [0.1, 0.15) is 33.6 Å². The van der Waals surface area contributed by atoms with Gasteiger partial charge in [0.25, 0.3) is 0 Å². The van der Waals surface area contributed by atoms with Crippen LogP contribution in [0.5, 0.6) is 5.75 Å². The Morgan fingerprint density at radius 1 is 1.36 bits per heavy atom. The van der Waals surface area contributed by atoms with E-state index >= 15 is 0 Å². The molecule has 0 bridgehead atoms. The molecule has 3 nitrogen and oxygen atoms in total. The maximum atomic E-state index is 14.1. The van der Waals surface area contributed by atoms with Crippen LogP contribution in [0.15, 0.2) is 54.3 Å². The van der Waals surface area contributed by atoms with E-state index in [-0.39, 0.29) is 22.5 Å². The molecule has 1 aromatic rings. The zero-order chi connectivity index (χ0) is 19.0. The van der Waals surface area contributed by atoms with E-state index in [0.29, 0.717) is 11.7 Å². The average Bonchev–Trinajstić information content (AvgIpc) is 2.54. The summed E-state index contributed by atoms with van der Waals surface area (Å²) in [6.07, 6.45) is 4.70. The predicted octanol–water partition coefficient (Wildman–Crippen LogP) is 5.84. The second-order valence-electron chi connectivity index (χ2n) is 5.93. The Balaban J connectivity index is 2.72. The van der Waals surface area contributed by atoms with Gasteiger partial charge in [-0.2, -0.15) is 0 Å². The van der Waals surface area contributed by atoms with Gasteiger partial charge in [-0.1, -0.05) is 37.6 Å². The van der Waals surface area contributed by atoms with Gasteiger partial charge in [0.2, 0.25) is 0 Å². The largest absolute Gasteiger partial charge is 0.508 e. The number of allylic oxidation sites excluding steroid dienone is 3. The van der Waals surface area contributed by atoms with Crippen molar-refractivity contribution in [3.8, 4) is 5.75 Å². The predicted molar refractivity (Wildman–Crippen MR) is 101 cm³/mol. The van der Waals surface area contributed by atoms with Gasteiger partial charge >= 0.3 is 0 Å². The smallest absolute Gasteiger partial charge is 0.181 e. The number of nitrogens with one attached hydrogen (secondary N) is 2. The van der Waals surface area contributed by atoms with Gasteiger partial charge < -0.3 is 15.7 Å². The molecule has 0 aromatic heterocycles. The summed E-state index contributed by atoms with van der Waals surface area (Å²) in [5.41, 5.74) is 0.0644. The van der Waals surface area contributed by atoms with E-state index in [9.17, 15) is 13.9 Å². The minimum Gasteiger partial charge on any atom is -0.508 e. The lowest BCUT2D eigenvalue weighted by atomic mass is 10.1. The molecule has 0 aliphatic carbocycles. The molecule has 0 aliphatic rings. The van der Waals surface area contributed by atoms with Gasteiger partial charge in [-0.3, -0.25) is 0 Å². The van der Waals surface area contributed by atoms with Gasteiger partial charge in [-0.15, -0.1) is 0 Å². The summed E-state index contributed by atoms with van der Waals surface area (Å²) in [5, 5.41) is 15.3.